The van der Waals surface area contributed by atoms with Crippen LogP contribution < -0.4 is 0 Å². The molecule has 7 aliphatic rings. The number of ether oxygens (including phenoxy) is 7. The molecular formula is C44H58O18S. The fraction of sp³-hybridized carbons (Fsp3) is 0.705. The number of aromatic hydroxyl groups is 1. The molecule has 63 heavy (non-hydrogen) atoms. The van der Waals surface area contributed by atoms with Gasteiger partial charge in [0.15, 0.2) is 36.0 Å². The van der Waals surface area contributed by atoms with Gasteiger partial charge in [-0.05, 0) is 59.8 Å². The Kier molecular flexibility index (Phi) is 12.7. The summed E-state index contributed by atoms with van der Waals surface area (Å²) in [4.78, 5) is 44.0. The molecule has 5 fully saturated rings. The van der Waals surface area contributed by atoms with E-state index in [1.165, 1.54) is 25.3 Å². The highest BCUT2D eigenvalue weighted by Crippen LogP contribution is 2.60. The third kappa shape index (κ3) is 7.82. The molecule has 0 radical (unpaired) electrons. The fourth-order valence-electron chi connectivity index (χ4n) is 10.5. The van der Waals surface area contributed by atoms with Crippen LogP contribution in [0.15, 0.2) is 33.9 Å². The van der Waals surface area contributed by atoms with Crippen LogP contribution in [0.3, 0.4) is 0 Å². The molecule has 1 aromatic rings. The number of rotatable bonds is 8. The van der Waals surface area contributed by atoms with Crippen molar-refractivity contribution in [1.29, 1.82) is 0 Å². The van der Waals surface area contributed by atoms with E-state index in [0.29, 0.717) is 12.8 Å². The monoisotopic (exact) mass is 906 g/mol. The number of hydrogen-bond acceptors (Lipinski definition) is 19. The number of aliphatic hydroxyl groups excluding tert-OH is 5. The molecule has 8 rings (SSSR count). The van der Waals surface area contributed by atoms with Crippen molar-refractivity contribution in [2.45, 2.75) is 189 Å². The molecule has 0 spiro atoms. The Hall–Kier alpha value is -2.86. The van der Waals surface area contributed by atoms with Gasteiger partial charge in [-0.15, -0.1) is 11.8 Å². The van der Waals surface area contributed by atoms with Gasteiger partial charge in [0.25, 0.3) is 0 Å². The predicted octanol–water partition coefficient (Wildman–Crippen LogP) is 2.06. The van der Waals surface area contributed by atoms with Crippen molar-refractivity contribution in [1.82, 2.24) is 0 Å². The van der Waals surface area contributed by atoms with Gasteiger partial charge >= 0.3 is 0 Å². The molecule has 0 unspecified atom stereocenters. The number of fused-ring (bicyclic) bond motifs is 3. The number of thioether (sulfide) groups is 1. The van der Waals surface area contributed by atoms with Crippen LogP contribution in [0.1, 0.15) is 118 Å². The van der Waals surface area contributed by atoms with Crippen LogP contribution in [-0.4, -0.2) is 161 Å². The van der Waals surface area contributed by atoms with E-state index in [2.05, 4.69) is 0 Å². The number of hydrogen-bond donors (Lipinski definition) is 8. The number of allylic oxidation sites excluding steroid dienone is 1. The average Bonchev–Trinajstić information content (AvgIpc) is 3.20. The van der Waals surface area contributed by atoms with Crippen LogP contribution in [0.5, 0.6) is 5.75 Å². The first-order chi connectivity index (χ1) is 29.6. The Morgan fingerprint density at radius 2 is 1.38 bits per heavy atom. The molecule has 0 bridgehead atoms. The Balaban J connectivity index is 1.07. The zero-order valence-electron chi connectivity index (χ0n) is 36.0. The molecule has 4 saturated heterocycles. The normalized spacial score (nSPS) is 44.6. The second kappa shape index (κ2) is 17.1. The second-order valence-corrected chi connectivity index (χ2v) is 19.2. The van der Waals surface area contributed by atoms with E-state index in [9.17, 15) is 55.2 Å². The first-order valence-corrected chi connectivity index (χ1v) is 22.8. The van der Waals surface area contributed by atoms with E-state index in [-0.39, 0.29) is 41.7 Å². The minimum absolute atomic E-state index is 0.0230. The van der Waals surface area contributed by atoms with Crippen molar-refractivity contribution < 1.29 is 88.4 Å². The zero-order chi connectivity index (χ0) is 45.7. The van der Waals surface area contributed by atoms with Gasteiger partial charge < -0.3 is 74.0 Å². The van der Waals surface area contributed by atoms with Crippen molar-refractivity contribution in [3.05, 3.63) is 50.6 Å². The molecule has 4 aliphatic heterocycles. The third-order valence-corrected chi connectivity index (χ3v) is 14.7. The summed E-state index contributed by atoms with van der Waals surface area (Å²) < 4.78 is 42.8. The lowest BCUT2D eigenvalue weighted by Gasteiger charge is -2.57. The number of phenols is 1. The lowest BCUT2D eigenvalue weighted by atomic mass is 9.56. The van der Waals surface area contributed by atoms with E-state index in [0.717, 1.165) is 11.8 Å². The first kappa shape index (κ1) is 46.7. The molecule has 4 heterocycles. The van der Waals surface area contributed by atoms with E-state index >= 15 is 0 Å². The van der Waals surface area contributed by atoms with Gasteiger partial charge in [-0.1, -0.05) is 6.07 Å². The Labute approximate surface area is 368 Å². The largest absolute Gasteiger partial charge is 0.507 e. The second-order valence-electron chi connectivity index (χ2n) is 18.4. The lowest BCUT2D eigenvalue weighted by molar-refractivity contribution is -0.306. The van der Waals surface area contributed by atoms with Gasteiger partial charge in [-0.3, -0.25) is 14.4 Å². The van der Waals surface area contributed by atoms with Gasteiger partial charge in [-0.25, -0.2) is 0 Å². The van der Waals surface area contributed by atoms with E-state index in [1.54, 1.807) is 27.7 Å². The Morgan fingerprint density at radius 1 is 0.730 bits per heavy atom. The molecule has 18 nitrogen and oxygen atoms in total. The minimum atomic E-state index is -2.66. The maximum absolute atomic E-state index is 14.9. The summed E-state index contributed by atoms with van der Waals surface area (Å²) in [7, 11) is 0. The standard InChI is InChI=1S/C44H58O18S/c1-17-23(45)9-11-30(57-17)62-44-28(47)15-42(5,54)16-43(44,55)41(63-6)40(53)33-34(44)38(51)22-8-7-21(37(50)32(22)39(33)52)26-14-27(36(49)20(4)56-26)61-29-12-10-25(18(2)58-29)60-31-13-24(46)35(48)19(3)59-31/h7-8,17-20,23-27,29-31,35-36,45-46,48-50,53-55H,9-16H2,1-6H3/t17-,18+,19-,20-,23+,24-,25+,26-,27-,29+,30+,31+,35-,36-,42+,43-,44+/m1/s1. The van der Waals surface area contributed by atoms with Crippen LogP contribution in [0.25, 0.3) is 0 Å². The first-order valence-electron chi connectivity index (χ1n) is 21.6. The molecule has 19 heteroatoms. The van der Waals surface area contributed by atoms with Crippen LogP contribution in [0.2, 0.25) is 0 Å². The summed E-state index contributed by atoms with van der Waals surface area (Å²) in [6, 6.07) is 2.66. The smallest absolute Gasteiger partial charge is 0.201 e. The predicted molar refractivity (Wildman–Crippen MR) is 218 cm³/mol. The molecule has 1 aromatic carbocycles. The van der Waals surface area contributed by atoms with Crippen molar-refractivity contribution in [2.24, 2.45) is 0 Å². The molecule has 8 N–H and O–H groups in total. The zero-order valence-corrected chi connectivity index (χ0v) is 36.8. The van der Waals surface area contributed by atoms with Crippen LogP contribution >= 0.6 is 11.8 Å². The number of Topliss-reactive ketones (excluding diaryl/α,β-unsaturated/α-hetero) is 3. The fourth-order valence-corrected chi connectivity index (χ4v) is 11.3. The van der Waals surface area contributed by atoms with Crippen LogP contribution in [0, 0.1) is 0 Å². The highest BCUT2D eigenvalue weighted by atomic mass is 32.2. The van der Waals surface area contributed by atoms with Crippen molar-refractivity contribution in [3.8, 4) is 5.75 Å². The van der Waals surface area contributed by atoms with Gasteiger partial charge in [0.05, 0.1) is 82.2 Å². The average molecular weight is 907 g/mol. The van der Waals surface area contributed by atoms with E-state index in [1.807, 2.05) is 0 Å². The summed E-state index contributed by atoms with van der Waals surface area (Å²) in [6.07, 6.45) is -10.3. The van der Waals surface area contributed by atoms with Crippen molar-refractivity contribution >= 4 is 29.1 Å². The molecule has 0 amide bonds. The van der Waals surface area contributed by atoms with Crippen LogP contribution in [0.4, 0.5) is 0 Å². The summed E-state index contributed by atoms with van der Waals surface area (Å²) in [5.74, 6) is -4.44. The molecular weight excluding hydrogens is 849 g/mol. The Morgan fingerprint density at radius 3 is 2.05 bits per heavy atom. The van der Waals surface area contributed by atoms with Gasteiger partial charge in [0, 0.05) is 49.7 Å². The molecule has 348 valence electrons. The quantitative estimate of drug-likeness (QED) is 0.185. The Bertz CT molecular complexity index is 2060. The van der Waals surface area contributed by atoms with E-state index in [4.69, 9.17) is 33.2 Å². The molecule has 3 aliphatic carbocycles. The molecule has 1 saturated carbocycles. The van der Waals surface area contributed by atoms with Gasteiger partial charge in [-0.2, -0.15) is 0 Å². The number of ketones is 3. The maximum Gasteiger partial charge on any atom is 0.201 e. The SMILES string of the molecule is CSC1=C(O)C2=C(C(=O)c3ccc([C@H]4C[C@@H](O[C@H]5CC[C@H](O[C@H]6C[C@@H](O)[C@H](O)[C@@H](C)O6)[C@H](C)O5)[C@H](O)[C@@H](C)O4)c(O)c3C2=O)[C@@]2(O[C@H]3CC[C@H](O)[C@@H](C)O3)C(=O)C[C@](C)(O)C[C@@]12O. The molecule has 17 atom stereocenters. The van der Waals surface area contributed by atoms with Crippen molar-refractivity contribution in [3.63, 3.8) is 0 Å². The summed E-state index contributed by atoms with van der Waals surface area (Å²) >= 11 is 0.793. The number of carbonyl (C=O) groups excluding carboxylic acids is 3. The van der Waals surface area contributed by atoms with E-state index < -0.39 is 161 Å². The maximum atomic E-state index is 14.9. The number of aliphatic hydroxyl groups is 7. The summed E-state index contributed by atoms with van der Waals surface area (Å²) in [6.45, 7) is 7.98. The lowest BCUT2D eigenvalue weighted by Crippen LogP contribution is -2.73. The highest BCUT2D eigenvalue weighted by molar-refractivity contribution is 8.02. The molecule has 0 aromatic heterocycles. The van der Waals surface area contributed by atoms with Crippen LogP contribution in [-0.2, 0) is 38.0 Å². The third-order valence-electron chi connectivity index (χ3n) is 13.8. The van der Waals surface area contributed by atoms with Gasteiger partial charge in [0.1, 0.15) is 29.3 Å². The topological polar surface area (TPSA) is 278 Å². The highest BCUT2D eigenvalue weighted by Gasteiger charge is 2.72. The minimum Gasteiger partial charge on any atom is -0.507 e. The van der Waals surface area contributed by atoms with Crippen molar-refractivity contribution in [2.75, 3.05) is 6.26 Å². The summed E-state index contributed by atoms with van der Waals surface area (Å²) in [5, 5.41) is 89.7. The van der Waals surface area contributed by atoms with Gasteiger partial charge in [0.2, 0.25) is 5.78 Å². The number of benzene rings is 1. The number of phenolic OH excluding ortho intramolecular Hbond substituents is 1. The summed E-state index contributed by atoms with van der Waals surface area (Å²) in [5.41, 5.74) is -9.14. The number of carbonyl (C=O) groups is 3.